The van der Waals surface area contributed by atoms with Gasteiger partial charge in [0.05, 0.1) is 24.0 Å². The smallest absolute Gasteiger partial charge is 0.344 e. The lowest BCUT2D eigenvalue weighted by molar-refractivity contribution is -0.122. The summed E-state index contributed by atoms with van der Waals surface area (Å²) in [6.07, 6.45) is -1.03. The monoisotopic (exact) mass is 429 g/mol. The lowest BCUT2D eigenvalue weighted by atomic mass is 9.88. The van der Waals surface area contributed by atoms with Crippen molar-refractivity contribution >= 4 is 22.6 Å². The predicted octanol–water partition coefficient (Wildman–Crippen LogP) is 4.04. The van der Waals surface area contributed by atoms with E-state index in [-0.39, 0.29) is 17.1 Å². The summed E-state index contributed by atoms with van der Waals surface area (Å²) in [7, 11) is 1.43. The standard InChI is InChI=1S/C25H19NO6/c1-30-19-13-14(11-12-17(19)27)20-21-22(16-9-5-6-10-18(16)31-25(21)29)32-23(20)24(28)26-15-7-3-2-4-8-15/h2-13,20,23,27H,1H3,(H,26,28)/t20-,23-/m0/s1. The van der Waals surface area contributed by atoms with Crippen LogP contribution in [0.1, 0.15) is 17.0 Å². The number of fused-ring (bicyclic) bond motifs is 3. The maximum atomic E-state index is 13.3. The molecule has 0 fully saturated rings. The molecule has 160 valence electrons. The average molecular weight is 429 g/mol. The zero-order valence-electron chi connectivity index (χ0n) is 17.1. The van der Waals surface area contributed by atoms with Gasteiger partial charge in [-0.15, -0.1) is 0 Å². The highest BCUT2D eigenvalue weighted by atomic mass is 16.5. The largest absolute Gasteiger partial charge is 0.504 e. The summed E-state index contributed by atoms with van der Waals surface area (Å²) in [5, 5.41) is 13.5. The molecule has 1 aromatic heterocycles. The fourth-order valence-corrected chi connectivity index (χ4v) is 4.05. The first-order valence-electron chi connectivity index (χ1n) is 10.0. The van der Waals surface area contributed by atoms with E-state index < -0.39 is 23.6 Å². The number of methoxy groups -OCH3 is 1. The number of phenolic OH excluding ortho intramolecular Hbond substituents is 1. The van der Waals surface area contributed by atoms with E-state index in [0.717, 1.165) is 0 Å². The maximum absolute atomic E-state index is 13.3. The summed E-state index contributed by atoms with van der Waals surface area (Å²) in [4.78, 5) is 26.3. The predicted molar refractivity (Wildman–Crippen MR) is 118 cm³/mol. The van der Waals surface area contributed by atoms with Crippen LogP contribution in [0.2, 0.25) is 0 Å². The number of hydrogen-bond donors (Lipinski definition) is 2. The second kappa shape index (κ2) is 7.77. The molecule has 1 aliphatic rings. The zero-order chi connectivity index (χ0) is 22.2. The highest BCUT2D eigenvalue weighted by Gasteiger charge is 2.44. The third kappa shape index (κ3) is 3.24. The Hall–Kier alpha value is -4.26. The van der Waals surface area contributed by atoms with E-state index in [9.17, 15) is 14.7 Å². The van der Waals surface area contributed by atoms with Gasteiger partial charge in [-0.25, -0.2) is 4.79 Å². The molecule has 32 heavy (non-hydrogen) atoms. The van der Waals surface area contributed by atoms with E-state index in [1.807, 2.05) is 24.3 Å². The van der Waals surface area contributed by atoms with Crippen molar-refractivity contribution < 1.29 is 23.8 Å². The van der Waals surface area contributed by atoms with Gasteiger partial charge in [-0.2, -0.15) is 0 Å². The van der Waals surface area contributed by atoms with Crippen molar-refractivity contribution in [2.45, 2.75) is 12.0 Å². The van der Waals surface area contributed by atoms with E-state index in [2.05, 4.69) is 5.32 Å². The number of ether oxygens (including phenoxy) is 2. The van der Waals surface area contributed by atoms with Crippen molar-refractivity contribution in [3.8, 4) is 17.2 Å². The Labute approximate surface area is 182 Å². The number of hydrogen-bond acceptors (Lipinski definition) is 6. The Morgan fingerprint density at radius 3 is 2.56 bits per heavy atom. The van der Waals surface area contributed by atoms with Crippen LogP contribution in [0.4, 0.5) is 5.69 Å². The first-order chi connectivity index (χ1) is 15.6. The van der Waals surface area contributed by atoms with Crippen LogP contribution in [0.5, 0.6) is 17.2 Å². The molecule has 0 saturated heterocycles. The minimum atomic E-state index is -1.03. The van der Waals surface area contributed by atoms with Crippen LogP contribution in [0, 0.1) is 0 Å². The molecular formula is C25H19NO6. The molecular weight excluding hydrogens is 410 g/mol. The van der Waals surface area contributed by atoms with E-state index in [0.29, 0.717) is 28.0 Å². The molecule has 1 amide bonds. The van der Waals surface area contributed by atoms with Crippen LogP contribution in [0.3, 0.4) is 0 Å². The molecule has 0 radical (unpaired) electrons. The van der Waals surface area contributed by atoms with Crippen molar-refractivity contribution in [3.05, 3.63) is 94.3 Å². The molecule has 2 atom stereocenters. The second-order valence-electron chi connectivity index (χ2n) is 7.43. The lowest BCUT2D eigenvalue weighted by Crippen LogP contribution is -2.35. The summed E-state index contributed by atoms with van der Waals surface area (Å²) in [5.74, 6) is -0.673. The number of rotatable bonds is 4. The summed E-state index contributed by atoms with van der Waals surface area (Å²) in [6, 6.07) is 20.7. The topological polar surface area (TPSA) is 98.0 Å². The van der Waals surface area contributed by atoms with Crippen molar-refractivity contribution in [1.29, 1.82) is 0 Å². The van der Waals surface area contributed by atoms with Crippen LogP contribution in [0.25, 0.3) is 11.0 Å². The van der Waals surface area contributed by atoms with Gasteiger partial charge >= 0.3 is 5.63 Å². The van der Waals surface area contributed by atoms with Crippen molar-refractivity contribution in [1.82, 2.24) is 0 Å². The second-order valence-corrected chi connectivity index (χ2v) is 7.43. The minimum Gasteiger partial charge on any atom is -0.504 e. The van der Waals surface area contributed by atoms with Crippen LogP contribution >= 0.6 is 0 Å². The van der Waals surface area contributed by atoms with Gasteiger partial charge in [0.1, 0.15) is 11.3 Å². The maximum Gasteiger partial charge on any atom is 0.344 e. The van der Waals surface area contributed by atoms with Crippen LogP contribution < -0.4 is 20.4 Å². The first-order valence-corrected chi connectivity index (χ1v) is 10.0. The SMILES string of the molecule is COc1cc([C@H]2c3c(c4ccccc4oc3=O)O[C@@H]2C(=O)Nc2ccccc2)ccc1O. The molecule has 2 N–H and O–H groups in total. The summed E-state index contributed by atoms with van der Waals surface area (Å²) in [6.45, 7) is 0. The highest BCUT2D eigenvalue weighted by molar-refractivity contribution is 5.97. The quantitative estimate of drug-likeness (QED) is 0.475. The normalized spacial score (nSPS) is 16.9. The Balaban J connectivity index is 1.67. The molecule has 4 aromatic rings. The molecule has 3 aromatic carbocycles. The molecule has 7 heteroatoms. The molecule has 0 spiro atoms. The molecule has 2 heterocycles. The number of phenols is 1. The zero-order valence-corrected chi connectivity index (χ0v) is 17.1. The molecule has 5 rings (SSSR count). The fraction of sp³-hybridized carbons (Fsp3) is 0.120. The number of anilines is 1. The Morgan fingerprint density at radius 1 is 1.03 bits per heavy atom. The van der Waals surface area contributed by atoms with Crippen LogP contribution in [0.15, 0.2) is 82.0 Å². The average Bonchev–Trinajstić information content (AvgIpc) is 3.22. The Bertz CT molecular complexity index is 1380. The van der Waals surface area contributed by atoms with Gasteiger partial charge in [-0.1, -0.05) is 36.4 Å². The Morgan fingerprint density at radius 2 is 1.78 bits per heavy atom. The molecule has 0 bridgehead atoms. The third-order valence-electron chi connectivity index (χ3n) is 5.52. The number of nitrogens with one attached hydrogen (secondary N) is 1. The number of benzene rings is 3. The van der Waals surface area contributed by atoms with E-state index in [1.54, 1.807) is 42.5 Å². The van der Waals surface area contributed by atoms with Crippen molar-refractivity contribution in [3.63, 3.8) is 0 Å². The Kier molecular flexibility index (Phi) is 4.78. The fourth-order valence-electron chi connectivity index (χ4n) is 4.05. The van der Waals surface area contributed by atoms with Crippen LogP contribution in [-0.2, 0) is 4.79 Å². The minimum absolute atomic E-state index is 0.0498. The van der Waals surface area contributed by atoms with E-state index >= 15 is 0 Å². The van der Waals surface area contributed by atoms with E-state index in [4.69, 9.17) is 13.9 Å². The third-order valence-corrected chi connectivity index (χ3v) is 5.52. The lowest BCUT2D eigenvalue weighted by Gasteiger charge is -2.19. The number of amides is 1. The molecule has 0 unspecified atom stereocenters. The molecule has 0 saturated carbocycles. The van der Waals surface area contributed by atoms with Crippen molar-refractivity contribution in [2.24, 2.45) is 0 Å². The number of carbonyl (C=O) groups excluding carboxylic acids is 1. The molecule has 0 aliphatic carbocycles. The van der Waals surface area contributed by atoms with Gasteiger partial charge in [0.2, 0.25) is 0 Å². The summed E-state index contributed by atoms with van der Waals surface area (Å²) in [5.41, 5.74) is 1.24. The van der Waals surface area contributed by atoms with Gasteiger partial charge in [0.15, 0.2) is 17.6 Å². The van der Waals surface area contributed by atoms with Gasteiger partial charge < -0.3 is 24.3 Å². The molecule has 1 aliphatic heterocycles. The first kappa shape index (κ1) is 19.7. The number of para-hydroxylation sites is 2. The summed E-state index contributed by atoms with van der Waals surface area (Å²) < 4.78 is 16.9. The number of aromatic hydroxyl groups is 1. The van der Waals surface area contributed by atoms with Gasteiger partial charge in [0.25, 0.3) is 5.91 Å². The summed E-state index contributed by atoms with van der Waals surface area (Å²) >= 11 is 0. The van der Waals surface area contributed by atoms with E-state index in [1.165, 1.54) is 13.2 Å². The highest BCUT2D eigenvalue weighted by Crippen LogP contribution is 2.45. The number of carbonyl (C=O) groups is 1. The van der Waals surface area contributed by atoms with Gasteiger partial charge in [0, 0.05) is 5.69 Å². The van der Waals surface area contributed by atoms with Gasteiger partial charge in [-0.05, 0) is 42.0 Å². The van der Waals surface area contributed by atoms with Crippen LogP contribution in [-0.4, -0.2) is 24.2 Å². The molecule has 7 nitrogen and oxygen atoms in total. The van der Waals surface area contributed by atoms with Crippen molar-refractivity contribution in [2.75, 3.05) is 12.4 Å². The van der Waals surface area contributed by atoms with Gasteiger partial charge in [-0.3, -0.25) is 4.79 Å².